The summed E-state index contributed by atoms with van der Waals surface area (Å²) in [6.07, 6.45) is 0. The number of hydrogen-bond donors (Lipinski definition) is 4. The van der Waals surface area contributed by atoms with Crippen LogP contribution in [-0.4, -0.2) is 77.9 Å². The number of amides is 2. The zero-order valence-electron chi connectivity index (χ0n) is 11.9. The van der Waals surface area contributed by atoms with Crippen LogP contribution in [0, 0.1) is 5.41 Å². The van der Waals surface area contributed by atoms with Crippen molar-refractivity contribution in [3.8, 4) is 0 Å². The smallest absolute Gasteiger partial charge is 0.861 e. The number of carboxylic acid groups (broad SMARTS) is 1. The van der Waals surface area contributed by atoms with Crippen LogP contribution in [0.2, 0.25) is 0 Å². The first-order valence-corrected chi connectivity index (χ1v) is 5.68. The number of rotatable bonds is 11. The maximum absolute atomic E-state index is 10.8. The van der Waals surface area contributed by atoms with Crippen molar-refractivity contribution in [2.45, 2.75) is 0 Å². The molecule has 11 heteroatoms. The molecule has 0 aromatic carbocycles. The Bertz CT molecular complexity index is 324. The molecule has 21 heavy (non-hydrogen) atoms. The fourth-order valence-electron chi connectivity index (χ4n) is 1.55. The Morgan fingerprint density at radius 3 is 1.62 bits per heavy atom. The third-order valence-electron chi connectivity index (χ3n) is 2.22. The van der Waals surface area contributed by atoms with E-state index in [-0.39, 0.29) is 62.3 Å². The number of hydrogen-bond acceptors (Lipinski definition) is 7. The minimum absolute atomic E-state index is 0. The molecule has 114 valence electrons. The molecule has 0 fully saturated rings. The fourth-order valence-corrected chi connectivity index (χ4v) is 1.55. The van der Waals surface area contributed by atoms with Crippen LogP contribution in [0.3, 0.4) is 0 Å². The molecule has 0 saturated heterocycles. The number of carbonyl (C=O) groups excluding carboxylic acids is 2. The van der Waals surface area contributed by atoms with Crippen molar-refractivity contribution in [3.05, 3.63) is 0 Å². The van der Waals surface area contributed by atoms with E-state index in [9.17, 15) is 19.5 Å². The molecule has 10 nitrogen and oxygen atoms in total. The SMILES string of the molecule is N=C([O-])CN(CCN(CC(N)=O)CC(=O)O)CC(N)=O.[Na+]. The van der Waals surface area contributed by atoms with Gasteiger partial charge in [0, 0.05) is 19.6 Å². The Hall–Kier alpha value is -1.20. The van der Waals surface area contributed by atoms with E-state index in [0.29, 0.717) is 0 Å². The molecule has 0 aliphatic carbocycles. The van der Waals surface area contributed by atoms with Gasteiger partial charge >= 0.3 is 35.5 Å². The maximum atomic E-state index is 10.8. The Morgan fingerprint density at radius 2 is 1.33 bits per heavy atom. The summed E-state index contributed by atoms with van der Waals surface area (Å²) in [7, 11) is 0. The summed E-state index contributed by atoms with van der Waals surface area (Å²) in [5.74, 6) is -3.40. The van der Waals surface area contributed by atoms with E-state index < -0.39 is 30.2 Å². The van der Waals surface area contributed by atoms with Crippen LogP contribution in [0.1, 0.15) is 0 Å². The van der Waals surface area contributed by atoms with Gasteiger partial charge in [-0.3, -0.25) is 24.2 Å². The fraction of sp³-hybridized carbons (Fsp3) is 0.600. The summed E-state index contributed by atoms with van der Waals surface area (Å²) >= 11 is 0. The molecule has 0 aliphatic rings. The van der Waals surface area contributed by atoms with Gasteiger partial charge in [-0.1, -0.05) is 0 Å². The summed E-state index contributed by atoms with van der Waals surface area (Å²) < 4.78 is 0. The summed E-state index contributed by atoms with van der Waals surface area (Å²) in [5, 5.41) is 26.3. The summed E-state index contributed by atoms with van der Waals surface area (Å²) in [4.78, 5) is 34.8. The molecular formula is C10H18N5NaO5. The Labute approximate surface area is 143 Å². The first kappa shape index (κ1) is 22.1. The molecule has 0 aliphatic heterocycles. The molecular weight excluding hydrogens is 293 g/mol. The Kier molecular flexibility index (Phi) is 12.1. The van der Waals surface area contributed by atoms with E-state index in [2.05, 4.69) is 0 Å². The van der Waals surface area contributed by atoms with Crippen LogP contribution in [0.5, 0.6) is 0 Å². The molecule has 0 unspecified atom stereocenters. The van der Waals surface area contributed by atoms with Gasteiger partial charge in [-0.15, -0.1) is 0 Å². The quantitative estimate of drug-likeness (QED) is 0.166. The summed E-state index contributed by atoms with van der Waals surface area (Å²) in [6, 6.07) is 0. The number of nitrogens with one attached hydrogen (secondary N) is 1. The molecule has 0 atom stereocenters. The van der Waals surface area contributed by atoms with Crippen molar-refractivity contribution in [3.63, 3.8) is 0 Å². The van der Waals surface area contributed by atoms with Crippen molar-refractivity contribution in [1.82, 2.24) is 9.80 Å². The maximum Gasteiger partial charge on any atom is 1.00 e. The van der Waals surface area contributed by atoms with Crippen molar-refractivity contribution in [1.29, 1.82) is 5.41 Å². The predicted octanol–water partition coefficient (Wildman–Crippen LogP) is -7.01. The summed E-state index contributed by atoms with van der Waals surface area (Å²) in [6.45, 7) is -1.000. The van der Waals surface area contributed by atoms with E-state index in [1.165, 1.54) is 9.80 Å². The topological polar surface area (TPSA) is 177 Å². The molecule has 0 aromatic rings. The molecule has 0 aromatic heterocycles. The zero-order chi connectivity index (χ0) is 15.7. The van der Waals surface area contributed by atoms with Gasteiger partial charge in [-0.2, -0.15) is 0 Å². The standard InChI is InChI=1S/C10H19N5O5.Na/c11-7(16)3-14(4-8(12)17)1-2-15(5-9(13)18)6-10(19)20;/h1-6H2,(H2,11,16)(H2,12,17)(H2,13,18)(H,19,20);/q;+1/p-1. The number of nitrogens with two attached hydrogens (primary N) is 2. The van der Waals surface area contributed by atoms with E-state index >= 15 is 0 Å². The number of carbonyl (C=O) groups is 3. The summed E-state index contributed by atoms with van der Waals surface area (Å²) in [5.41, 5.74) is 9.99. The van der Waals surface area contributed by atoms with Gasteiger partial charge < -0.3 is 27.1 Å². The molecule has 0 saturated carbocycles. The van der Waals surface area contributed by atoms with Crippen LogP contribution in [0.25, 0.3) is 0 Å². The molecule has 0 rings (SSSR count). The Balaban J connectivity index is 0. The number of primary amides is 2. The second kappa shape index (κ2) is 11.5. The van der Waals surface area contributed by atoms with Crippen molar-refractivity contribution in [2.24, 2.45) is 11.5 Å². The van der Waals surface area contributed by atoms with Crippen LogP contribution < -0.4 is 46.1 Å². The molecule has 0 bridgehead atoms. The third-order valence-corrected chi connectivity index (χ3v) is 2.22. The van der Waals surface area contributed by atoms with Crippen LogP contribution in [0.4, 0.5) is 0 Å². The normalized spacial score (nSPS) is 10.2. The Morgan fingerprint density at radius 1 is 0.952 bits per heavy atom. The van der Waals surface area contributed by atoms with E-state index in [0.717, 1.165) is 0 Å². The van der Waals surface area contributed by atoms with Crippen molar-refractivity contribution in [2.75, 3.05) is 39.3 Å². The van der Waals surface area contributed by atoms with Gasteiger partial charge in [0.15, 0.2) is 0 Å². The van der Waals surface area contributed by atoms with Crippen LogP contribution in [-0.2, 0) is 14.4 Å². The second-order valence-electron chi connectivity index (χ2n) is 4.17. The van der Waals surface area contributed by atoms with Crippen LogP contribution in [0.15, 0.2) is 0 Å². The van der Waals surface area contributed by atoms with Crippen molar-refractivity contribution < 1.29 is 54.2 Å². The second-order valence-corrected chi connectivity index (χ2v) is 4.17. The van der Waals surface area contributed by atoms with Gasteiger partial charge in [0.05, 0.1) is 19.6 Å². The van der Waals surface area contributed by atoms with E-state index in [1.807, 2.05) is 0 Å². The minimum atomic E-state index is -1.13. The number of carboxylic acids is 1. The molecule has 6 N–H and O–H groups in total. The molecule has 0 heterocycles. The van der Waals surface area contributed by atoms with Gasteiger partial charge in [-0.25, -0.2) is 0 Å². The first-order chi connectivity index (χ1) is 9.20. The van der Waals surface area contributed by atoms with Gasteiger partial charge in [-0.05, 0) is 5.90 Å². The molecule has 2 amide bonds. The van der Waals surface area contributed by atoms with E-state index in [4.69, 9.17) is 22.0 Å². The average molecular weight is 311 g/mol. The predicted molar refractivity (Wildman–Crippen MR) is 66.6 cm³/mol. The van der Waals surface area contributed by atoms with Gasteiger partial charge in [0.25, 0.3) is 0 Å². The molecule has 0 spiro atoms. The third kappa shape index (κ3) is 13.5. The van der Waals surface area contributed by atoms with Crippen molar-refractivity contribution >= 4 is 23.7 Å². The zero-order valence-corrected chi connectivity index (χ0v) is 13.9. The number of nitrogens with zero attached hydrogens (tertiary/aromatic N) is 2. The first-order valence-electron chi connectivity index (χ1n) is 5.68. The van der Waals surface area contributed by atoms with Gasteiger partial charge in [0.2, 0.25) is 11.8 Å². The number of aliphatic carboxylic acids is 1. The average Bonchev–Trinajstić information content (AvgIpc) is 2.22. The minimum Gasteiger partial charge on any atom is -0.861 e. The van der Waals surface area contributed by atoms with E-state index in [1.54, 1.807) is 0 Å². The monoisotopic (exact) mass is 311 g/mol. The largest absolute Gasteiger partial charge is 1.00 e. The van der Waals surface area contributed by atoms with Crippen LogP contribution >= 0.6 is 0 Å². The molecule has 0 radical (unpaired) electrons. The van der Waals surface area contributed by atoms with Gasteiger partial charge in [0.1, 0.15) is 0 Å².